The Morgan fingerprint density at radius 2 is 1.52 bits per heavy atom. The second-order valence-electron chi connectivity index (χ2n) is 5.73. The number of hydrogen-bond acceptors (Lipinski definition) is 11. The molecule has 0 bridgehead atoms. The van der Waals surface area contributed by atoms with Gasteiger partial charge in [-0.2, -0.15) is 15.8 Å². The Kier molecular flexibility index (Phi) is 7.58. The molecule has 11 heteroatoms. The van der Waals surface area contributed by atoms with Crippen LogP contribution in [0.3, 0.4) is 0 Å². The fourth-order valence-corrected chi connectivity index (χ4v) is 3.33. The molecule has 2 aromatic heterocycles. The van der Waals surface area contributed by atoms with Crippen LogP contribution < -0.4 is 10.6 Å². The highest BCUT2D eigenvalue weighted by Crippen LogP contribution is 2.38. The first-order valence-corrected chi connectivity index (χ1v) is 9.33. The highest BCUT2D eigenvalue weighted by Gasteiger charge is 2.18. The van der Waals surface area contributed by atoms with Crippen LogP contribution in [0, 0.1) is 47.8 Å². The maximum atomic E-state index is 9.53. The van der Waals surface area contributed by atoms with Crippen LogP contribution >= 0.6 is 11.3 Å². The van der Waals surface area contributed by atoms with Gasteiger partial charge < -0.3 is 20.8 Å². The molecule has 0 aliphatic heterocycles. The van der Waals surface area contributed by atoms with Crippen LogP contribution in [-0.4, -0.2) is 41.5 Å². The van der Waals surface area contributed by atoms with Crippen molar-refractivity contribution in [3.05, 3.63) is 27.1 Å². The Morgan fingerprint density at radius 1 is 0.897 bits per heavy atom. The summed E-state index contributed by atoms with van der Waals surface area (Å²) in [5.74, 6) is 0.557. The van der Waals surface area contributed by atoms with E-state index in [1.54, 1.807) is 13.8 Å². The highest BCUT2D eigenvalue weighted by molar-refractivity contribution is 7.16. The van der Waals surface area contributed by atoms with Gasteiger partial charge in [0.15, 0.2) is 10.8 Å². The summed E-state index contributed by atoms with van der Waals surface area (Å²) in [6.45, 7) is 3.46. The summed E-state index contributed by atoms with van der Waals surface area (Å²) in [5, 5.41) is 60.6. The molecule has 0 amide bonds. The average molecular weight is 410 g/mol. The number of hydrogen-bond donors (Lipinski definition) is 4. The third-order valence-corrected chi connectivity index (χ3v) is 5.00. The molecule has 2 rings (SSSR count). The van der Waals surface area contributed by atoms with E-state index in [1.807, 2.05) is 12.1 Å². The minimum Gasteiger partial charge on any atom is -0.395 e. The smallest absolute Gasteiger partial charge is 0.158 e. The zero-order valence-electron chi connectivity index (χ0n) is 15.8. The lowest BCUT2D eigenvalue weighted by Crippen LogP contribution is -2.13. The van der Waals surface area contributed by atoms with Crippen LogP contribution in [0.25, 0.3) is 0 Å². The number of azo groups is 1. The first kappa shape index (κ1) is 21.7. The van der Waals surface area contributed by atoms with Gasteiger partial charge in [-0.15, -0.1) is 21.6 Å². The zero-order chi connectivity index (χ0) is 21.4. The summed E-state index contributed by atoms with van der Waals surface area (Å²) in [4.78, 5) is 4.72. The Hall–Kier alpha value is -3.56. The van der Waals surface area contributed by atoms with Gasteiger partial charge in [0, 0.05) is 18.7 Å². The standard InChI is InChI=1S/C18H18N8O2S/c1-10-13(8-20)18(29-14(10)9-21)26-25-15-11(2)12(7-19)16(22-3-5-27)24-17(15)23-4-6-28/h27-28H,3-6H2,1-2H3,(H2,22,23,24)/b26-25+. The molecule has 0 aliphatic rings. The second-order valence-corrected chi connectivity index (χ2v) is 6.73. The van der Waals surface area contributed by atoms with Crippen molar-refractivity contribution in [3.8, 4) is 18.2 Å². The van der Waals surface area contributed by atoms with Gasteiger partial charge in [-0.3, -0.25) is 0 Å². The minimum absolute atomic E-state index is 0.137. The largest absolute Gasteiger partial charge is 0.395 e. The fourth-order valence-electron chi connectivity index (χ4n) is 2.46. The lowest BCUT2D eigenvalue weighted by Gasteiger charge is -2.14. The van der Waals surface area contributed by atoms with Crippen molar-refractivity contribution in [1.82, 2.24) is 4.98 Å². The van der Waals surface area contributed by atoms with E-state index >= 15 is 0 Å². The van der Waals surface area contributed by atoms with Gasteiger partial charge in [0.1, 0.15) is 34.6 Å². The van der Waals surface area contributed by atoms with Gasteiger partial charge in [-0.1, -0.05) is 0 Å². The first-order chi connectivity index (χ1) is 14.0. The number of nitriles is 3. The summed E-state index contributed by atoms with van der Waals surface area (Å²) in [7, 11) is 0. The zero-order valence-corrected chi connectivity index (χ0v) is 16.6. The molecule has 0 fully saturated rings. The Labute approximate surface area is 171 Å². The number of nitrogens with one attached hydrogen (secondary N) is 2. The molecule has 0 unspecified atom stereocenters. The SMILES string of the molecule is Cc1c(C#N)sc(/N=N/c2c(NCCO)nc(NCCO)c(C#N)c2C)c1C#N. The quantitative estimate of drug-likeness (QED) is 0.480. The molecule has 4 N–H and O–H groups in total. The molecule has 0 aromatic carbocycles. The molecule has 29 heavy (non-hydrogen) atoms. The summed E-state index contributed by atoms with van der Waals surface area (Å²) in [6, 6.07) is 6.12. The fraction of sp³-hybridized carbons (Fsp3) is 0.333. The van der Waals surface area contributed by atoms with Gasteiger partial charge in [-0.05, 0) is 19.4 Å². The van der Waals surface area contributed by atoms with E-state index in [1.165, 1.54) is 0 Å². The van der Waals surface area contributed by atoms with Crippen molar-refractivity contribution in [3.63, 3.8) is 0 Å². The van der Waals surface area contributed by atoms with Crippen LogP contribution in [0.15, 0.2) is 10.2 Å². The molecule has 2 heterocycles. The number of anilines is 2. The monoisotopic (exact) mass is 410 g/mol. The van der Waals surface area contributed by atoms with Crippen LogP contribution in [0.5, 0.6) is 0 Å². The Balaban J connectivity index is 2.59. The first-order valence-electron chi connectivity index (χ1n) is 8.51. The van der Waals surface area contributed by atoms with E-state index in [-0.39, 0.29) is 59.8 Å². The average Bonchev–Trinajstić information content (AvgIpc) is 3.04. The number of nitrogens with zero attached hydrogens (tertiary/aromatic N) is 6. The third-order valence-electron chi connectivity index (χ3n) is 3.92. The van der Waals surface area contributed by atoms with Gasteiger partial charge >= 0.3 is 0 Å². The van der Waals surface area contributed by atoms with Crippen LogP contribution in [0.4, 0.5) is 22.3 Å². The molecular formula is C18H18N8O2S. The van der Waals surface area contributed by atoms with E-state index in [0.717, 1.165) is 11.3 Å². The second kappa shape index (κ2) is 10.1. The molecule has 0 atom stereocenters. The molecule has 0 spiro atoms. The molecule has 0 saturated carbocycles. The number of rotatable bonds is 8. The molecule has 0 saturated heterocycles. The summed E-state index contributed by atoms with van der Waals surface area (Å²) >= 11 is 1.05. The predicted octanol–water partition coefficient (Wildman–Crippen LogP) is 2.60. The lowest BCUT2D eigenvalue weighted by atomic mass is 10.1. The van der Waals surface area contributed by atoms with E-state index in [2.05, 4.69) is 31.9 Å². The summed E-state index contributed by atoms with van der Waals surface area (Å²) < 4.78 is 0. The van der Waals surface area contributed by atoms with E-state index in [4.69, 9.17) is 15.5 Å². The number of aliphatic hydroxyl groups is 2. The predicted molar refractivity (Wildman–Crippen MR) is 108 cm³/mol. The number of thiophene rings is 1. The van der Waals surface area contributed by atoms with Crippen molar-refractivity contribution >= 4 is 33.7 Å². The van der Waals surface area contributed by atoms with Gasteiger partial charge in [0.05, 0.1) is 24.3 Å². The number of aliphatic hydroxyl groups excluding tert-OH is 2. The van der Waals surface area contributed by atoms with Crippen molar-refractivity contribution in [2.24, 2.45) is 10.2 Å². The molecule has 148 valence electrons. The van der Waals surface area contributed by atoms with Crippen molar-refractivity contribution in [2.45, 2.75) is 13.8 Å². The van der Waals surface area contributed by atoms with Crippen molar-refractivity contribution in [1.29, 1.82) is 15.8 Å². The summed E-state index contributed by atoms with van der Waals surface area (Å²) in [6.07, 6.45) is 0. The summed E-state index contributed by atoms with van der Waals surface area (Å²) in [5.41, 5.74) is 1.82. The maximum absolute atomic E-state index is 9.53. The van der Waals surface area contributed by atoms with Gasteiger partial charge in [0.2, 0.25) is 0 Å². The molecule has 2 aromatic rings. The Morgan fingerprint density at radius 3 is 2.07 bits per heavy atom. The Bertz CT molecular complexity index is 1060. The van der Waals surface area contributed by atoms with Crippen LogP contribution in [-0.2, 0) is 0 Å². The van der Waals surface area contributed by atoms with E-state index < -0.39 is 0 Å². The number of aromatic nitrogens is 1. The number of pyridine rings is 1. The van der Waals surface area contributed by atoms with Crippen LogP contribution in [0.2, 0.25) is 0 Å². The maximum Gasteiger partial charge on any atom is 0.158 e. The van der Waals surface area contributed by atoms with Crippen LogP contribution in [0.1, 0.15) is 27.1 Å². The molecular weight excluding hydrogens is 392 g/mol. The minimum atomic E-state index is -0.148. The lowest BCUT2D eigenvalue weighted by molar-refractivity contribution is 0.311. The highest BCUT2D eigenvalue weighted by atomic mass is 32.1. The van der Waals surface area contributed by atoms with Gasteiger partial charge in [-0.25, -0.2) is 4.98 Å². The molecule has 0 radical (unpaired) electrons. The molecule has 0 aliphatic carbocycles. The molecule has 10 nitrogen and oxygen atoms in total. The van der Waals surface area contributed by atoms with E-state index in [0.29, 0.717) is 16.0 Å². The normalized spacial score (nSPS) is 10.4. The topological polar surface area (TPSA) is 174 Å². The van der Waals surface area contributed by atoms with Crippen molar-refractivity contribution < 1.29 is 10.2 Å². The van der Waals surface area contributed by atoms with Crippen molar-refractivity contribution in [2.75, 3.05) is 36.9 Å². The van der Waals surface area contributed by atoms with Gasteiger partial charge in [0.25, 0.3) is 0 Å². The third kappa shape index (κ3) is 4.65. The van der Waals surface area contributed by atoms with E-state index in [9.17, 15) is 10.5 Å².